The minimum absolute atomic E-state index is 0.0663. The summed E-state index contributed by atoms with van der Waals surface area (Å²) in [5.74, 6) is 1.54. The van der Waals surface area contributed by atoms with Crippen molar-refractivity contribution in [3.05, 3.63) is 35.9 Å². The van der Waals surface area contributed by atoms with Gasteiger partial charge in [-0.25, -0.2) is 0 Å². The number of hydrogen-bond acceptors (Lipinski definition) is 3. The van der Waals surface area contributed by atoms with E-state index in [9.17, 15) is 14.7 Å². The van der Waals surface area contributed by atoms with Crippen LogP contribution >= 0.6 is 0 Å². The van der Waals surface area contributed by atoms with Crippen molar-refractivity contribution >= 4 is 11.8 Å². The number of carbonyl (C=O) groups excluding carboxylic acids is 2. The van der Waals surface area contributed by atoms with Crippen molar-refractivity contribution in [3.8, 4) is 0 Å². The highest BCUT2D eigenvalue weighted by atomic mass is 16.3. The average molecular weight is 495 g/mol. The van der Waals surface area contributed by atoms with Gasteiger partial charge in [-0.1, -0.05) is 82.2 Å². The maximum Gasteiger partial charge on any atom is 0.225 e. The Bertz CT molecular complexity index is 906. The molecule has 5 rings (SSSR count). The van der Waals surface area contributed by atoms with Crippen LogP contribution in [0.5, 0.6) is 0 Å². The van der Waals surface area contributed by atoms with Gasteiger partial charge in [0, 0.05) is 37.4 Å². The van der Waals surface area contributed by atoms with Crippen LogP contribution in [-0.4, -0.2) is 58.5 Å². The second kappa shape index (κ2) is 10.8. The molecular weight excluding hydrogens is 448 g/mol. The zero-order valence-corrected chi connectivity index (χ0v) is 22.3. The summed E-state index contributed by atoms with van der Waals surface area (Å²) in [7, 11) is 0. The van der Waals surface area contributed by atoms with Gasteiger partial charge in [0.1, 0.15) is 0 Å². The van der Waals surface area contributed by atoms with Crippen molar-refractivity contribution < 1.29 is 14.7 Å². The first-order chi connectivity index (χ1) is 17.4. The fourth-order valence-electron chi connectivity index (χ4n) is 8.03. The molecule has 1 aromatic carbocycles. The van der Waals surface area contributed by atoms with Crippen LogP contribution in [0.4, 0.5) is 0 Å². The van der Waals surface area contributed by atoms with Crippen molar-refractivity contribution in [1.82, 2.24) is 9.80 Å². The van der Waals surface area contributed by atoms with Crippen LogP contribution in [0.25, 0.3) is 0 Å². The van der Waals surface area contributed by atoms with Crippen LogP contribution < -0.4 is 0 Å². The van der Waals surface area contributed by atoms with E-state index in [-0.39, 0.29) is 23.1 Å². The zero-order chi connectivity index (χ0) is 25.2. The molecule has 0 radical (unpaired) electrons. The number of likely N-dealkylation sites (tertiary alicyclic amines) is 2. The summed E-state index contributed by atoms with van der Waals surface area (Å²) >= 11 is 0. The van der Waals surface area contributed by atoms with E-state index in [4.69, 9.17) is 0 Å². The molecule has 2 saturated carbocycles. The summed E-state index contributed by atoms with van der Waals surface area (Å²) in [6, 6.07) is 10.4. The molecule has 2 aliphatic carbocycles. The molecule has 2 heterocycles. The van der Waals surface area contributed by atoms with Gasteiger partial charge in [0.25, 0.3) is 0 Å². The molecule has 0 bridgehead atoms. The first-order valence-corrected chi connectivity index (χ1v) is 14.7. The van der Waals surface area contributed by atoms with Crippen molar-refractivity contribution in [2.45, 2.75) is 96.0 Å². The van der Waals surface area contributed by atoms with E-state index in [0.717, 1.165) is 45.1 Å². The van der Waals surface area contributed by atoms with Crippen LogP contribution in [0.3, 0.4) is 0 Å². The van der Waals surface area contributed by atoms with Crippen molar-refractivity contribution in [2.24, 2.45) is 23.2 Å². The molecule has 3 atom stereocenters. The molecule has 0 aromatic heterocycles. The standard InChI is InChI=1S/C31H46N2O3/c1-24(18-25-10-4-2-5-11-25)29(35)32-17-16-31(36,30(22-32)14-8-9-15-30)23-33-21-27(20-28(33)34)19-26-12-6-3-7-13-26/h3,6-7,12-13,24-25,27,36H,2,4-5,8-11,14-23H2,1H3/t24-,27?,31?/m1/s1. The normalized spacial score (nSPS) is 29.7. The SMILES string of the molecule is C[C@H](CC1CCCCC1)C(=O)N1CCC(O)(CN2CC(Cc3ccccc3)CC2=O)C2(CCCC2)C1. The highest BCUT2D eigenvalue weighted by molar-refractivity contribution is 5.79. The number of aliphatic hydroxyl groups is 1. The summed E-state index contributed by atoms with van der Waals surface area (Å²) in [6.45, 7) is 4.55. The molecule has 2 saturated heterocycles. The van der Waals surface area contributed by atoms with Gasteiger partial charge in [-0.2, -0.15) is 0 Å². The highest BCUT2D eigenvalue weighted by Gasteiger charge is 2.56. The quantitative estimate of drug-likeness (QED) is 0.566. The number of piperidine rings is 1. The third kappa shape index (κ3) is 5.37. The number of rotatable bonds is 7. The molecule has 2 unspecified atom stereocenters. The Kier molecular flexibility index (Phi) is 7.76. The van der Waals surface area contributed by atoms with Crippen molar-refractivity contribution in [2.75, 3.05) is 26.2 Å². The van der Waals surface area contributed by atoms with E-state index >= 15 is 0 Å². The topological polar surface area (TPSA) is 60.9 Å². The summed E-state index contributed by atoms with van der Waals surface area (Å²) in [4.78, 5) is 30.5. The van der Waals surface area contributed by atoms with Gasteiger partial charge in [-0.05, 0) is 49.5 Å². The van der Waals surface area contributed by atoms with Gasteiger partial charge < -0.3 is 14.9 Å². The van der Waals surface area contributed by atoms with Gasteiger partial charge in [0.05, 0.1) is 12.1 Å². The number of carbonyl (C=O) groups is 2. The smallest absolute Gasteiger partial charge is 0.225 e. The predicted octanol–water partition coefficient (Wildman–Crippen LogP) is 5.21. The Morgan fingerprint density at radius 1 is 1.03 bits per heavy atom. The lowest BCUT2D eigenvalue weighted by Gasteiger charge is -2.53. The molecule has 1 aromatic rings. The zero-order valence-electron chi connectivity index (χ0n) is 22.3. The van der Waals surface area contributed by atoms with Crippen LogP contribution in [0.15, 0.2) is 30.3 Å². The molecule has 2 aliphatic heterocycles. The third-order valence-electron chi connectivity index (χ3n) is 10.1. The van der Waals surface area contributed by atoms with Crippen LogP contribution in [0.1, 0.15) is 89.5 Å². The average Bonchev–Trinajstić information content (AvgIpc) is 3.49. The van der Waals surface area contributed by atoms with E-state index in [2.05, 4.69) is 36.1 Å². The maximum absolute atomic E-state index is 13.5. The Morgan fingerprint density at radius 3 is 2.47 bits per heavy atom. The third-order valence-corrected chi connectivity index (χ3v) is 10.1. The fourth-order valence-corrected chi connectivity index (χ4v) is 8.03. The Labute approximate surface area is 217 Å². The second-order valence-electron chi connectivity index (χ2n) is 12.7. The Morgan fingerprint density at radius 2 is 1.75 bits per heavy atom. The minimum atomic E-state index is -0.899. The number of benzene rings is 1. The lowest BCUT2D eigenvalue weighted by Crippen LogP contribution is -2.64. The summed E-state index contributed by atoms with van der Waals surface area (Å²) in [5.41, 5.74) is 0.102. The first-order valence-electron chi connectivity index (χ1n) is 14.7. The largest absolute Gasteiger partial charge is 0.387 e. The lowest BCUT2D eigenvalue weighted by atomic mass is 9.65. The molecule has 4 fully saturated rings. The summed E-state index contributed by atoms with van der Waals surface area (Å²) in [5, 5.41) is 12.1. The Balaban J connectivity index is 1.23. The number of amides is 2. The fraction of sp³-hybridized carbons (Fsp3) is 0.742. The first kappa shape index (κ1) is 25.8. The summed E-state index contributed by atoms with van der Waals surface area (Å²) in [6.07, 6.45) is 13.7. The molecule has 1 spiro atoms. The van der Waals surface area contributed by atoms with E-state index in [1.807, 2.05) is 11.0 Å². The van der Waals surface area contributed by atoms with Gasteiger partial charge >= 0.3 is 0 Å². The van der Waals surface area contributed by atoms with Gasteiger partial charge in [-0.3, -0.25) is 9.59 Å². The van der Waals surface area contributed by atoms with Gasteiger partial charge in [-0.15, -0.1) is 0 Å². The molecule has 5 nitrogen and oxygen atoms in total. The minimum Gasteiger partial charge on any atom is -0.387 e. The van der Waals surface area contributed by atoms with E-state index < -0.39 is 5.60 Å². The van der Waals surface area contributed by atoms with Crippen LogP contribution in [0, 0.1) is 23.2 Å². The molecular formula is C31H46N2O3. The van der Waals surface area contributed by atoms with Crippen molar-refractivity contribution in [1.29, 1.82) is 0 Å². The van der Waals surface area contributed by atoms with Crippen LogP contribution in [-0.2, 0) is 16.0 Å². The molecule has 2 amide bonds. The van der Waals surface area contributed by atoms with Gasteiger partial charge in [0.15, 0.2) is 0 Å². The highest BCUT2D eigenvalue weighted by Crippen LogP contribution is 2.52. The number of hydrogen-bond donors (Lipinski definition) is 1. The van der Waals surface area contributed by atoms with Crippen LogP contribution in [0.2, 0.25) is 0 Å². The second-order valence-corrected chi connectivity index (χ2v) is 12.7. The monoisotopic (exact) mass is 494 g/mol. The molecule has 4 aliphatic rings. The summed E-state index contributed by atoms with van der Waals surface area (Å²) < 4.78 is 0. The van der Waals surface area contributed by atoms with Gasteiger partial charge in [0.2, 0.25) is 11.8 Å². The predicted molar refractivity (Wildman–Crippen MR) is 142 cm³/mol. The maximum atomic E-state index is 13.5. The molecule has 36 heavy (non-hydrogen) atoms. The van der Waals surface area contributed by atoms with E-state index in [1.165, 1.54) is 37.7 Å². The van der Waals surface area contributed by atoms with E-state index in [1.54, 1.807) is 0 Å². The Hall–Kier alpha value is -1.88. The number of nitrogens with zero attached hydrogens (tertiary/aromatic N) is 2. The molecule has 198 valence electrons. The molecule has 1 N–H and O–H groups in total. The van der Waals surface area contributed by atoms with Crippen molar-refractivity contribution in [3.63, 3.8) is 0 Å². The number of β-amino-alcohol motifs (C(OH)–C–C–N with tert-alkyl or cyclic N) is 1. The lowest BCUT2D eigenvalue weighted by molar-refractivity contribution is -0.167. The van der Waals surface area contributed by atoms with E-state index in [0.29, 0.717) is 44.3 Å². The molecule has 5 heteroatoms.